The maximum atomic E-state index is 15.7. The fourth-order valence-corrected chi connectivity index (χ4v) is 5.54. The van der Waals surface area contributed by atoms with Crippen LogP contribution in [0, 0.1) is 53.7 Å². The minimum absolute atomic E-state index is 1.17. The van der Waals surface area contributed by atoms with Crippen LogP contribution in [0.4, 0.5) is 26.3 Å². The van der Waals surface area contributed by atoms with E-state index in [1.165, 1.54) is 18.2 Å². The standard InChI is InChI=1S/C24F6N6OS/c1-34-8(6-33)10-17(26)11-12(18(10)27)14-19(28)15(24(35-2)36-3)21(30)23(14)38(37)22-13(11)16(25)9(20(22)29)7(4-31)5-32/b10-8-. The Morgan fingerprint density at radius 1 is 0.605 bits per heavy atom. The molecule has 0 bridgehead atoms. The molecule has 0 aromatic rings. The molecule has 0 aromatic carbocycles. The highest BCUT2D eigenvalue weighted by Crippen LogP contribution is 2.61. The Balaban J connectivity index is 2.38. The first kappa shape index (κ1) is 25.4. The van der Waals surface area contributed by atoms with Gasteiger partial charge in [-0.3, -0.25) is 0 Å². The van der Waals surface area contributed by atoms with Gasteiger partial charge in [0.25, 0.3) is 5.70 Å². The number of nitriles is 3. The molecule has 4 aliphatic rings. The van der Waals surface area contributed by atoms with Crippen LogP contribution < -0.4 is 0 Å². The van der Waals surface area contributed by atoms with Crippen molar-refractivity contribution in [2.75, 3.05) is 0 Å². The van der Waals surface area contributed by atoms with Crippen molar-refractivity contribution in [3.63, 3.8) is 0 Å². The quantitative estimate of drug-likeness (QED) is 0.212. The molecule has 14 heteroatoms. The lowest BCUT2D eigenvalue weighted by molar-refractivity contribution is 0.606. The van der Waals surface area contributed by atoms with Crippen LogP contribution in [0.5, 0.6) is 0 Å². The third-order valence-corrected chi connectivity index (χ3v) is 7.04. The summed E-state index contributed by atoms with van der Waals surface area (Å²) in [6, 6.07) is 3.53. The largest absolute Gasteiger partial charge is 0.532 e. The molecule has 0 N–H and O–H groups in total. The van der Waals surface area contributed by atoms with E-state index in [1.54, 1.807) is 0 Å². The number of nitrogens with zero attached hydrogens (tertiary/aromatic N) is 6. The molecule has 7 nitrogen and oxygen atoms in total. The van der Waals surface area contributed by atoms with E-state index in [2.05, 4.69) is 14.5 Å². The van der Waals surface area contributed by atoms with Crippen molar-refractivity contribution in [1.29, 1.82) is 15.8 Å². The molecule has 4 rings (SSSR count). The Kier molecular flexibility index (Phi) is 5.87. The van der Waals surface area contributed by atoms with Gasteiger partial charge in [0.05, 0.1) is 44.4 Å². The van der Waals surface area contributed by atoms with Crippen LogP contribution in [0.3, 0.4) is 0 Å². The second-order valence-corrected chi connectivity index (χ2v) is 8.51. The summed E-state index contributed by atoms with van der Waals surface area (Å²) < 4.78 is 107. The first-order valence-corrected chi connectivity index (χ1v) is 10.6. The van der Waals surface area contributed by atoms with Gasteiger partial charge in [0.15, 0.2) is 5.83 Å². The van der Waals surface area contributed by atoms with Crippen LogP contribution in [-0.2, 0) is 10.8 Å². The SMILES string of the molecule is [C-]#[N+]C([N+]#[C-])=C1C(F)=C2C3=C(F)/C(=C(/C#N)[N+]#[C-])C(F)=C3C3=C(F)C(=C(C#N)C#N)C(F)=C3S(=O)C2=C1F. The zero-order valence-electron chi connectivity index (χ0n) is 17.8. The topological polar surface area (TPSA) is 102 Å². The van der Waals surface area contributed by atoms with Crippen molar-refractivity contribution in [3.05, 3.63) is 135 Å². The molecule has 38 heavy (non-hydrogen) atoms. The van der Waals surface area contributed by atoms with E-state index < -0.39 is 112 Å². The first-order chi connectivity index (χ1) is 18.1. The van der Waals surface area contributed by atoms with Gasteiger partial charge in [-0.05, 0) is 0 Å². The molecule has 1 fully saturated rings. The van der Waals surface area contributed by atoms with Crippen molar-refractivity contribution < 1.29 is 30.6 Å². The van der Waals surface area contributed by atoms with Gasteiger partial charge in [0, 0.05) is 22.3 Å². The zero-order valence-corrected chi connectivity index (χ0v) is 18.6. The Morgan fingerprint density at radius 2 is 1.03 bits per heavy atom. The number of allylic oxidation sites excluding steroid dienone is 15. The van der Waals surface area contributed by atoms with Crippen molar-refractivity contribution in [3.8, 4) is 18.2 Å². The van der Waals surface area contributed by atoms with Crippen LogP contribution in [-0.4, -0.2) is 4.21 Å². The van der Waals surface area contributed by atoms with Gasteiger partial charge in [0.2, 0.25) is 0 Å². The Bertz CT molecular complexity index is 1770. The molecule has 1 saturated heterocycles. The van der Waals surface area contributed by atoms with Gasteiger partial charge < -0.3 is 0 Å². The maximum absolute atomic E-state index is 15.7. The molecule has 1 atom stereocenters. The lowest BCUT2D eigenvalue weighted by atomic mass is 9.94. The van der Waals surface area contributed by atoms with Gasteiger partial charge in [-0.25, -0.2) is 40.7 Å². The average molecular weight is 534 g/mol. The highest BCUT2D eigenvalue weighted by molar-refractivity contribution is 7.93. The fourth-order valence-electron chi connectivity index (χ4n) is 4.05. The predicted molar refractivity (Wildman–Crippen MR) is 115 cm³/mol. The lowest BCUT2D eigenvalue weighted by Crippen LogP contribution is -2.01. The van der Waals surface area contributed by atoms with E-state index in [4.69, 9.17) is 35.5 Å². The third-order valence-electron chi connectivity index (χ3n) is 5.53. The van der Waals surface area contributed by atoms with Crippen LogP contribution in [0.15, 0.2) is 101 Å². The number of halogens is 6. The summed E-state index contributed by atoms with van der Waals surface area (Å²) in [6.07, 6.45) is 0. The summed E-state index contributed by atoms with van der Waals surface area (Å²) >= 11 is 0. The summed E-state index contributed by atoms with van der Waals surface area (Å²) in [7, 11) is -3.34. The maximum Gasteiger partial charge on any atom is 0.532 e. The van der Waals surface area contributed by atoms with E-state index in [-0.39, 0.29) is 0 Å². The molecule has 180 valence electrons. The van der Waals surface area contributed by atoms with Gasteiger partial charge in [-0.15, -0.1) is 0 Å². The zero-order chi connectivity index (χ0) is 28.2. The van der Waals surface area contributed by atoms with Crippen molar-refractivity contribution in [2.24, 2.45) is 0 Å². The molecule has 0 spiro atoms. The van der Waals surface area contributed by atoms with Crippen molar-refractivity contribution >= 4 is 10.8 Å². The highest BCUT2D eigenvalue weighted by Gasteiger charge is 2.53. The van der Waals surface area contributed by atoms with Crippen molar-refractivity contribution in [1.82, 2.24) is 0 Å². The number of hydrogen-bond acceptors (Lipinski definition) is 4. The molecular formula is C24F6N6OS. The molecule has 0 radical (unpaired) electrons. The summed E-state index contributed by atoms with van der Waals surface area (Å²) in [6.45, 7) is 21.0. The fraction of sp³-hybridized carbons (Fsp3) is 0. The molecule has 0 amide bonds. The van der Waals surface area contributed by atoms with Gasteiger partial charge in [-0.1, -0.05) is 0 Å². The molecule has 1 aliphatic heterocycles. The monoisotopic (exact) mass is 534 g/mol. The van der Waals surface area contributed by atoms with Gasteiger partial charge in [-0.2, -0.15) is 20.2 Å². The van der Waals surface area contributed by atoms with E-state index in [9.17, 15) is 4.21 Å². The molecule has 0 aromatic heterocycles. The molecule has 0 saturated carbocycles. The Labute approximate surface area is 210 Å². The molecule has 1 heterocycles. The summed E-state index contributed by atoms with van der Waals surface area (Å²) in [4.78, 5) is 5.13. The predicted octanol–water partition coefficient (Wildman–Crippen LogP) is 6.14. The lowest BCUT2D eigenvalue weighted by Gasteiger charge is -2.08. The summed E-state index contributed by atoms with van der Waals surface area (Å²) in [5, 5.41) is 27.4. The van der Waals surface area contributed by atoms with Gasteiger partial charge >= 0.3 is 5.82 Å². The number of hydrogen-bond donors (Lipinski definition) is 0. The summed E-state index contributed by atoms with van der Waals surface area (Å²) in [5.74, 6) is -12.7. The highest BCUT2D eigenvalue weighted by atomic mass is 32.2. The summed E-state index contributed by atoms with van der Waals surface area (Å²) in [5.41, 5.74) is -12.2. The Hall–Kier alpha value is -5.67. The molecule has 1 unspecified atom stereocenters. The average Bonchev–Trinajstić information content (AvgIpc) is 3.36. The first-order valence-electron chi connectivity index (χ1n) is 9.47. The van der Waals surface area contributed by atoms with Gasteiger partial charge in [0.1, 0.15) is 65.6 Å². The normalized spacial score (nSPS) is 21.2. The second-order valence-electron chi connectivity index (χ2n) is 7.15. The minimum Gasteiger partial charge on any atom is -0.249 e. The van der Waals surface area contributed by atoms with Crippen LogP contribution in [0.2, 0.25) is 0 Å². The van der Waals surface area contributed by atoms with Crippen LogP contribution in [0.25, 0.3) is 14.5 Å². The number of rotatable bonds is 0. The molecular weight excluding hydrogens is 534 g/mol. The second kappa shape index (κ2) is 8.77. The van der Waals surface area contributed by atoms with Crippen LogP contribution in [0.1, 0.15) is 0 Å². The smallest absolute Gasteiger partial charge is 0.249 e. The number of fused-ring (bicyclic) bond motifs is 5. The van der Waals surface area contributed by atoms with E-state index in [0.29, 0.717) is 0 Å². The third kappa shape index (κ3) is 2.93. The molecule has 3 aliphatic carbocycles. The van der Waals surface area contributed by atoms with E-state index >= 15 is 26.3 Å². The van der Waals surface area contributed by atoms with E-state index in [1.807, 2.05) is 0 Å². The Morgan fingerprint density at radius 3 is 1.42 bits per heavy atom. The van der Waals surface area contributed by atoms with E-state index in [0.717, 1.165) is 0 Å². The minimum atomic E-state index is -3.34. The van der Waals surface area contributed by atoms with Crippen LogP contribution >= 0.6 is 0 Å². The van der Waals surface area contributed by atoms with Crippen molar-refractivity contribution in [2.45, 2.75) is 0 Å².